The van der Waals surface area contributed by atoms with Crippen LogP contribution >= 0.6 is 23.5 Å². The zero-order valence-corrected chi connectivity index (χ0v) is 13.8. The second-order valence-electron chi connectivity index (χ2n) is 5.89. The van der Waals surface area contributed by atoms with Crippen molar-refractivity contribution < 1.29 is 5.11 Å². The maximum atomic E-state index is 10.7. The third kappa shape index (κ3) is 3.05. The Hall–Kier alpha value is -0.120. The zero-order chi connectivity index (χ0) is 13.9. The highest BCUT2D eigenvalue weighted by atomic mass is 32.2. The lowest BCUT2D eigenvalue weighted by molar-refractivity contribution is 0.172. The van der Waals surface area contributed by atoms with Crippen LogP contribution in [0.3, 0.4) is 0 Å². The van der Waals surface area contributed by atoms with Crippen molar-refractivity contribution in [3.63, 3.8) is 0 Å². The highest BCUT2D eigenvalue weighted by molar-refractivity contribution is 8.07. The van der Waals surface area contributed by atoms with Crippen LogP contribution in [-0.4, -0.2) is 27.1 Å². The van der Waals surface area contributed by atoms with E-state index in [2.05, 4.69) is 31.2 Å². The Labute approximate surface area is 130 Å². The first-order chi connectivity index (χ1) is 9.79. The Morgan fingerprint density at radius 3 is 2.45 bits per heavy atom. The Bertz CT molecular complexity index is 427. The standard InChI is InChI=1S/C17H24OS2/c1-2-15-17(20-11-10-19-15)16(18)14-8-6-13(7-9-14)12-4-3-5-12/h6-9,12,15-18H,2-5,10-11H2,1H3. The van der Waals surface area contributed by atoms with E-state index in [0.29, 0.717) is 10.5 Å². The molecule has 1 aromatic carbocycles. The fourth-order valence-electron chi connectivity index (χ4n) is 3.13. The van der Waals surface area contributed by atoms with Gasteiger partial charge in [0.05, 0.1) is 6.10 Å². The molecule has 1 saturated heterocycles. The van der Waals surface area contributed by atoms with Gasteiger partial charge in [-0.25, -0.2) is 0 Å². The van der Waals surface area contributed by atoms with E-state index in [1.54, 1.807) is 0 Å². The quantitative estimate of drug-likeness (QED) is 0.877. The van der Waals surface area contributed by atoms with E-state index >= 15 is 0 Å². The maximum absolute atomic E-state index is 10.7. The van der Waals surface area contributed by atoms with E-state index in [1.165, 1.54) is 36.3 Å². The lowest BCUT2D eigenvalue weighted by Gasteiger charge is -2.33. The molecular formula is C17H24OS2. The molecule has 1 aliphatic heterocycles. The van der Waals surface area contributed by atoms with Gasteiger partial charge in [-0.1, -0.05) is 37.6 Å². The van der Waals surface area contributed by atoms with Crippen LogP contribution in [-0.2, 0) is 0 Å². The molecule has 0 radical (unpaired) electrons. The molecule has 1 nitrogen and oxygen atoms in total. The third-order valence-electron chi connectivity index (χ3n) is 4.66. The van der Waals surface area contributed by atoms with Gasteiger partial charge in [0.25, 0.3) is 0 Å². The summed E-state index contributed by atoms with van der Waals surface area (Å²) < 4.78 is 0. The predicted molar refractivity (Wildman–Crippen MR) is 90.8 cm³/mol. The molecule has 2 aliphatic rings. The third-order valence-corrected chi connectivity index (χ3v) is 8.00. The molecule has 1 aliphatic carbocycles. The molecule has 3 atom stereocenters. The van der Waals surface area contributed by atoms with Gasteiger partial charge < -0.3 is 5.11 Å². The molecule has 0 aromatic heterocycles. The van der Waals surface area contributed by atoms with E-state index in [-0.39, 0.29) is 6.10 Å². The number of thioether (sulfide) groups is 2. The largest absolute Gasteiger partial charge is 0.387 e. The van der Waals surface area contributed by atoms with E-state index < -0.39 is 0 Å². The van der Waals surface area contributed by atoms with Crippen molar-refractivity contribution in [1.29, 1.82) is 0 Å². The first-order valence-corrected chi connectivity index (χ1v) is 9.90. The summed E-state index contributed by atoms with van der Waals surface area (Å²) in [4.78, 5) is 0. The van der Waals surface area contributed by atoms with Crippen LogP contribution in [0.5, 0.6) is 0 Å². The lowest BCUT2D eigenvalue weighted by atomic mass is 9.80. The van der Waals surface area contributed by atoms with Gasteiger partial charge in [0, 0.05) is 22.0 Å². The summed E-state index contributed by atoms with van der Waals surface area (Å²) in [5.74, 6) is 3.18. The number of aliphatic hydroxyl groups is 1. The normalized spacial score (nSPS) is 28.9. The molecule has 1 aromatic rings. The van der Waals surface area contributed by atoms with Crippen molar-refractivity contribution in [2.24, 2.45) is 0 Å². The summed E-state index contributed by atoms with van der Waals surface area (Å²) in [5, 5.41) is 11.7. The highest BCUT2D eigenvalue weighted by Gasteiger charge is 2.32. The minimum atomic E-state index is -0.312. The van der Waals surface area contributed by atoms with Crippen LogP contribution in [0.2, 0.25) is 0 Å². The molecule has 0 spiro atoms. The van der Waals surface area contributed by atoms with E-state index in [9.17, 15) is 5.11 Å². The van der Waals surface area contributed by atoms with Crippen LogP contribution in [0.1, 0.15) is 55.8 Å². The van der Waals surface area contributed by atoms with Crippen LogP contribution in [0.15, 0.2) is 24.3 Å². The molecule has 3 rings (SSSR count). The summed E-state index contributed by atoms with van der Waals surface area (Å²) >= 11 is 3.99. The molecule has 0 bridgehead atoms. The monoisotopic (exact) mass is 308 g/mol. The number of benzene rings is 1. The number of hydrogen-bond donors (Lipinski definition) is 1. The highest BCUT2D eigenvalue weighted by Crippen LogP contribution is 2.41. The van der Waals surface area contributed by atoms with Crippen LogP contribution < -0.4 is 0 Å². The molecule has 3 unspecified atom stereocenters. The SMILES string of the molecule is CCC1SCCSC1C(O)c1ccc(C2CCC2)cc1. The summed E-state index contributed by atoms with van der Waals surface area (Å²) in [7, 11) is 0. The average molecular weight is 309 g/mol. The Balaban J connectivity index is 1.70. The van der Waals surface area contributed by atoms with Gasteiger partial charge >= 0.3 is 0 Å². The molecule has 1 saturated carbocycles. The molecule has 0 amide bonds. The van der Waals surface area contributed by atoms with Crippen LogP contribution in [0, 0.1) is 0 Å². The minimum Gasteiger partial charge on any atom is -0.387 e. The van der Waals surface area contributed by atoms with E-state index in [1.807, 2.05) is 23.5 Å². The second-order valence-corrected chi connectivity index (χ2v) is 8.53. The van der Waals surface area contributed by atoms with Crippen molar-refractivity contribution in [2.75, 3.05) is 11.5 Å². The van der Waals surface area contributed by atoms with Gasteiger partial charge in [0.2, 0.25) is 0 Å². The Morgan fingerprint density at radius 1 is 1.15 bits per heavy atom. The van der Waals surface area contributed by atoms with E-state index in [4.69, 9.17) is 0 Å². The number of aliphatic hydroxyl groups excluding tert-OH is 1. The van der Waals surface area contributed by atoms with Crippen LogP contribution in [0.4, 0.5) is 0 Å². The number of rotatable bonds is 4. The van der Waals surface area contributed by atoms with Crippen LogP contribution in [0.25, 0.3) is 0 Å². The van der Waals surface area contributed by atoms with Crippen molar-refractivity contribution in [3.8, 4) is 0 Å². The molecule has 110 valence electrons. The Morgan fingerprint density at radius 2 is 1.85 bits per heavy atom. The summed E-state index contributed by atoms with van der Waals surface area (Å²) in [6.45, 7) is 2.24. The average Bonchev–Trinajstić information content (AvgIpc) is 2.45. The van der Waals surface area contributed by atoms with Gasteiger partial charge in [0.1, 0.15) is 0 Å². The van der Waals surface area contributed by atoms with Gasteiger partial charge in [-0.3, -0.25) is 0 Å². The first kappa shape index (κ1) is 14.8. The number of hydrogen-bond acceptors (Lipinski definition) is 3. The fourth-order valence-corrected chi connectivity index (χ4v) is 6.26. The summed E-state index contributed by atoms with van der Waals surface area (Å²) in [6.07, 6.45) is 4.90. The molecule has 2 fully saturated rings. The van der Waals surface area contributed by atoms with Gasteiger partial charge in [-0.15, -0.1) is 0 Å². The zero-order valence-electron chi connectivity index (χ0n) is 12.1. The molecule has 1 N–H and O–H groups in total. The van der Waals surface area contributed by atoms with Gasteiger partial charge in [-0.05, 0) is 36.3 Å². The molecule has 1 heterocycles. The topological polar surface area (TPSA) is 20.2 Å². The summed E-state index contributed by atoms with van der Waals surface area (Å²) in [5.41, 5.74) is 2.57. The minimum absolute atomic E-state index is 0.312. The second kappa shape index (κ2) is 6.76. The van der Waals surface area contributed by atoms with E-state index in [0.717, 1.165) is 17.9 Å². The van der Waals surface area contributed by atoms with Crippen molar-refractivity contribution in [1.82, 2.24) is 0 Å². The lowest BCUT2D eigenvalue weighted by Crippen LogP contribution is -2.31. The first-order valence-electron chi connectivity index (χ1n) is 7.80. The fraction of sp³-hybridized carbons (Fsp3) is 0.647. The molecule has 3 heteroatoms. The predicted octanol–water partition coefficient (Wildman–Crippen LogP) is 4.61. The van der Waals surface area contributed by atoms with Gasteiger partial charge in [-0.2, -0.15) is 23.5 Å². The van der Waals surface area contributed by atoms with Crippen molar-refractivity contribution in [3.05, 3.63) is 35.4 Å². The molecular weight excluding hydrogens is 284 g/mol. The smallest absolute Gasteiger partial charge is 0.0919 e. The maximum Gasteiger partial charge on any atom is 0.0919 e. The summed E-state index contributed by atoms with van der Waals surface area (Å²) in [6, 6.07) is 8.80. The van der Waals surface area contributed by atoms with Gasteiger partial charge in [0.15, 0.2) is 0 Å². The van der Waals surface area contributed by atoms with Crippen molar-refractivity contribution in [2.45, 2.75) is 55.1 Å². The Kier molecular flexibility index (Phi) is 5.00. The molecule has 20 heavy (non-hydrogen) atoms. The van der Waals surface area contributed by atoms with Crippen molar-refractivity contribution >= 4 is 23.5 Å².